The summed E-state index contributed by atoms with van der Waals surface area (Å²) in [5.41, 5.74) is 6.92. The van der Waals surface area contributed by atoms with Crippen LogP contribution in [-0.2, 0) is 0 Å². The van der Waals surface area contributed by atoms with Crippen LogP contribution in [0.5, 0.6) is 0 Å². The van der Waals surface area contributed by atoms with E-state index >= 15 is 0 Å². The van der Waals surface area contributed by atoms with E-state index in [2.05, 4.69) is 11.9 Å². The Balaban J connectivity index is 2.43. The van der Waals surface area contributed by atoms with Crippen molar-refractivity contribution in [2.75, 3.05) is 0 Å². The molecule has 0 amide bonds. The van der Waals surface area contributed by atoms with Gasteiger partial charge in [-0.2, -0.15) is 0 Å². The van der Waals surface area contributed by atoms with Gasteiger partial charge in [-0.1, -0.05) is 37.8 Å². The predicted octanol–water partition coefficient (Wildman–Crippen LogP) is 3.32. The fourth-order valence-corrected chi connectivity index (χ4v) is 1.48. The molecule has 1 aromatic rings. The third-order valence-corrected chi connectivity index (χ3v) is 2.47. The van der Waals surface area contributed by atoms with Crippen LogP contribution in [0.2, 0.25) is 5.02 Å². The van der Waals surface area contributed by atoms with Crippen LogP contribution in [0.4, 0.5) is 0 Å². The molecule has 1 unspecified atom stereocenters. The molecule has 1 atom stereocenters. The van der Waals surface area contributed by atoms with E-state index in [4.69, 9.17) is 17.3 Å². The maximum Gasteiger partial charge on any atom is 0.0589 e. The van der Waals surface area contributed by atoms with Gasteiger partial charge in [0, 0.05) is 12.2 Å². The predicted molar refractivity (Wildman–Crippen MR) is 60.3 cm³/mol. The molecule has 1 heterocycles. The van der Waals surface area contributed by atoms with E-state index < -0.39 is 0 Å². The molecular formula is C11H17ClN2. The van der Waals surface area contributed by atoms with Crippen LogP contribution < -0.4 is 5.73 Å². The molecule has 0 aliphatic heterocycles. The van der Waals surface area contributed by atoms with Crippen LogP contribution in [0.3, 0.4) is 0 Å². The van der Waals surface area contributed by atoms with Crippen LogP contribution >= 0.6 is 11.6 Å². The smallest absolute Gasteiger partial charge is 0.0589 e. The highest BCUT2D eigenvalue weighted by Gasteiger charge is 2.06. The molecule has 2 N–H and O–H groups in total. The van der Waals surface area contributed by atoms with Gasteiger partial charge in [0.15, 0.2) is 0 Å². The molecule has 1 aromatic heterocycles. The number of nitrogens with two attached hydrogens (primary N) is 1. The second-order valence-corrected chi connectivity index (χ2v) is 3.94. The van der Waals surface area contributed by atoms with Crippen LogP contribution in [0, 0.1) is 0 Å². The number of pyridine rings is 1. The van der Waals surface area contributed by atoms with Crippen LogP contribution in [0.25, 0.3) is 0 Å². The Hall–Kier alpha value is -0.600. The number of unbranched alkanes of at least 4 members (excludes halogenated alkanes) is 2. The molecular weight excluding hydrogens is 196 g/mol. The van der Waals surface area contributed by atoms with Crippen molar-refractivity contribution in [3.8, 4) is 0 Å². The lowest BCUT2D eigenvalue weighted by Gasteiger charge is -2.10. The molecule has 2 nitrogen and oxygen atoms in total. The standard InChI is InChI=1S/C11H17ClN2/c1-2-3-4-5-10(13)11-7-6-9(12)8-14-11/h6-8,10H,2-5,13H2,1H3. The second kappa shape index (κ2) is 5.99. The van der Waals surface area contributed by atoms with Crippen molar-refractivity contribution in [1.82, 2.24) is 4.98 Å². The van der Waals surface area contributed by atoms with E-state index in [0.717, 1.165) is 12.1 Å². The molecule has 0 radical (unpaired) electrons. The zero-order chi connectivity index (χ0) is 10.4. The van der Waals surface area contributed by atoms with Crippen LogP contribution in [-0.4, -0.2) is 4.98 Å². The minimum absolute atomic E-state index is 0.0545. The van der Waals surface area contributed by atoms with Crippen molar-refractivity contribution in [3.05, 3.63) is 29.0 Å². The first-order valence-corrected chi connectivity index (χ1v) is 5.49. The molecule has 0 aromatic carbocycles. The molecule has 3 heteroatoms. The highest BCUT2D eigenvalue weighted by molar-refractivity contribution is 6.30. The number of hydrogen-bond acceptors (Lipinski definition) is 2. The van der Waals surface area contributed by atoms with Crippen LogP contribution in [0.1, 0.15) is 44.3 Å². The van der Waals surface area contributed by atoms with Gasteiger partial charge in [-0.05, 0) is 18.6 Å². The molecule has 0 saturated carbocycles. The number of halogens is 1. The first-order chi connectivity index (χ1) is 6.74. The third kappa shape index (κ3) is 3.64. The highest BCUT2D eigenvalue weighted by atomic mass is 35.5. The summed E-state index contributed by atoms with van der Waals surface area (Å²) in [6.45, 7) is 2.19. The van der Waals surface area contributed by atoms with Gasteiger partial charge in [-0.15, -0.1) is 0 Å². The zero-order valence-corrected chi connectivity index (χ0v) is 9.30. The Labute approximate surface area is 90.5 Å². The van der Waals surface area contributed by atoms with E-state index in [0.29, 0.717) is 5.02 Å². The van der Waals surface area contributed by atoms with Gasteiger partial charge in [0.05, 0.1) is 10.7 Å². The van der Waals surface area contributed by atoms with E-state index in [1.165, 1.54) is 19.3 Å². The molecule has 0 spiro atoms. The zero-order valence-electron chi connectivity index (χ0n) is 8.54. The lowest BCUT2D eigenvalue weighted by atomic mass is 10.1. The maximum atomic E-state index is 5.98. The van der Waals surface area contributed by atoms with Crippen molar-refractivity contribution in [2.45, 2.75) is 38.6 Å². The Bertz CT molecular complexity index is 258. The highest BCUT2D eigenvalue weighted by Crippen LogP contribution is 2.16. The van der Waals surface area contributed by atoms with Gasteiger partial charge >= 0.3 is 0 Å². The molecule has 14 heavy (non-hydrogen) atoms. The van der Waals surface area contributed by atoms with Crippen molar-refractivity contribution in [2.24, 2.45) is 5.73 Å². The van der Waals surface area contributed by atoms with Gasteiger partial charge in [0.25, 0.3) is 0 Å². The molecule has 0 saturated heterocycles. The molecule has 0 bridgehead atoms. The summed E-state index contributed by atoms with van der Waals surface area (Å²) in [6, 6.07) is 3.79. The monoisotopic (exact) mass is 212 g/mol. The first kappa shape index (κ1) is 11.5. The number of rotatable bonds is 5. The number of nitrogens with zero attached hydrogens (tertiary/aromatic N) is 1. The summed E-state index contributed by atoms with van der Waals surface area (Å²) in [5.74, 6) is 0. The van der Waals surface area contributed by atoms with Gasteiger partial charge in [0.1, 0.15) is 0 Å². The van der Waals surface area contributed by atoms with Gasteiger partial charge in [0.2, 0.25) is 0 Å². The normalized spacial score (nSPS) is 12.8. The van der Waals surface area contributed by atoms with Crippen molar-refractivity contribution < 1.29 is 0 Å². The Kier molecular flexibility index (Phi) is 4.91. The van der Waals surface area contributed by atoms with E-state index in [1.54, 1.807) is 6.20 Å². The Morgan fingerprint density at radius 2 is 2.21 bits per heavy atom. The number of aromatic nitrogens is 1. The van der Waals surface area contributed by atoms with Gasteiger partial charge in [-0.3, -0.25) is 4.98 Å². The second-order valence-electron chi connectivity index (χ2n) is 3.50. The number of hydrogen-bond donors (Lipinski definition) is 1. The maximum absolute atomic E-state index is 5.98. The van der Waals surface area contributed by atoms with Gasteiger partial charge in [-0.25, -0.2) is 0 Å². The van der Waals surface area contributed by atoms with Crippen molar-refractivity contribution in [1.29, 1.82) is 0 Å². The summed E-state index contributed by atoms with van der Waals surface area (Å²) < 4.78 is 0. The lowest BCUT2D eigenvalue weighted by Crippen LogP contribution is -2.11. The fourth-order valence-electron chi connectivity index (χ4n) is 1.37. The summed E-state index contributed by atoms with van der Waals surface area (Å²) >= 11 is 5.74. The minimum atomic E-state index is 0.0545. The average molecular weight is 213 g/mol. The molecule has 78 valence electrons. The van der Waals surface area contributed by atoms with Crippen LogP contribution in [0.15, 0.2) is 18.3 Å². The summed E-state index contributed by atoms with van der Waals surface area (Å²) in [7, 11) is 0. The van der Waals surface area contributed by atoms with E-state index in [-0.39, 0.29) is 6.04 Å². The summed E-state index contributed by atoms with van der Waals surface area (Å²) in [5, 5.41) is 0.662. The quantitative estimate of drug-likeness (QED) is 0.761. The summed E-state index contributed by atoms with van der Waals surface area (Å²) in [6.07, 6.45) is 6.28. The first-order valence-electron chi connectivity index (χ1n) is 5.11. The molecule has 1 rings (SSSR count). The SMILES string of the molecule is CCCCCC(N)c1ccc(Cl)cn1. The Morgan fingerprint density at radius 3 is 2.79 bits per heavy atom. The van der Waals surface area contributed by atoms with E-state index in [1.807, 2.05) is 12.1 Å². The van der Waals surface area contributed by atoms with Crippen molar-refractivity contribution >= 4 is 11.6 Å². The topological polar surface area (TPSA) is 38.9 Å². The lowest BCUT2D eigenvalue weighted by molar-refractivity contribution is 0.571. The Morgan fingerprint density at radius 1 is 1.43 bits per heavy atom. The van der Waals surface area contributed by atoms with E-state index in [9.17, 15) is 0 Å². The average Bonchev–Trinajstić information content (AvgIpc) is 2.19. The third-order valence-electron chi connectivity index (χ3n) is 2.25. The molecule has 0 aliphatic carbocycles. The van der Waals surface area contributed by atoms with Crippen molar-refractivity contribution in [3.63, 3.8) is 0 Å². The minimum Gasteiger partial charge on any atom is -0.323 e. The molecule has 0 fully saturated rings. The summed E-state index contributed by atoms with van der Waals surface area (Å²) in [4.78, 5) is 4.20. The van der Waals surface area contributed by atoms with Gasteiger partial charge < -0.3 is 5.73 Å². The largest absolute Gasteiger partial charge is 0.323 e. The molecule has 0 aliphatic rings. The fraction of sp³-hybridized carbons (Fsp3) is 0.545.